The molecule has 0 unspecified atom stereocenters. The number of carbonyl (C=O) groups excluding carboxylic acids is 2. The third-order valence-electron chi connectivity index (χ3n) is 2.62. The Balaban J connectivity index is 2.58. The Bertz CT molecular complexity index is 499. The van der Waals surface area contributed by atoms with Crippen LogP contribution in [0.3, 0.4) is 0 Å². The first-order valence-corrected chi connectivity index (χ1v) is 6.08. The number of hydrogen-bond acceptors (Lipinski definition) is 4. The van der Waals surface area contributed by atoms with Crippen LogP contribution in [0.25, 0.3) is 0 Å². The standard InChI is InChI=1S/C12H16F3N3O3/c1-17-4-2-3-9(17)11(21)16-10(20)7-18(5-6-19)8-12(13,14)15/h2-4,19H,5-8H2,1H3,(H,16,20,21). The van der Waals surface area contributed by atoms with Crippen LogP contribution in [-0.2, 0) is 11.8 Å². The molecular weight excluding hydrogens is 291 g/mol. The van der Waals surface area contributed by atoms with Crippen molar-refractivity contribution in [2.24, 2.45) is 7.05 Å². The molecule has 0 aliphatic heterocycles. The quantitative estimate of drug-likeness (QED) is 0.784. The molecule has 0 fully saturated rings. The van der Waals surface area contributed by atoms with Crippen LogP contribution in [0, 0.1) is 0 Å². The predicted molar refractivity (Wildman–Crippen MR) is 67.5 cm³/mol. The average Bonchev–Trinajstić information content (AvgIpc) is 2.73. The lowest BCUT2D eigenvalue weighted by Crippen LogP contribution is -2.44. The van der Waals surface area contributed by atoms with Crippen molar-refractivity contribution in [3.63, 3.8) is 0 Å². The molecule has 1 rings (SSSR count). The molecule has 0 saturated heterocycles. The Hall–Kier alpha value is -1.87. The van der Waals surface area contributed by atoms with Crippen molar-refractivity contribution in [3.05, 3.63) is 24.0 Å². The molecule has 0 bridgehead atoms. The van der Waals surface area contributed by atoms with Gasteiger partial charge in [-0.25, -0.2) is 0 Å². The zero-order valence-corrected chi connectivity index (χ0v) is 11.4. The first kappa shape index (κ1) is 17.2. The molecule has 0 radical (unpaired) electrons. The normalized spacial score (nSPS) is 11.7. The molecule has 0 aromatic carbocycles. The van der Waals surface area contributed by atoms with E-state index in [9.17, 15) is 22.8 Å². The molecule has 1 aromatic rings. The predicted octanol–water partition coefficient (Wildman–Crippen LogP) is 0.138. The van der Waals surface area contributed by atoms with Gasteiger partial charge in [-0.3, -0.25) is 19.8 Å². The van der Waals surface area contributed by atoms with Gasteiger partial charge in [-0.05, 0) is 12.1 Å². The fourth-order valence-electron chi connectivity index (χ4n) is 1.74. The first-order valence-electron chi connectivity index (χ1n) is 6.08. The van der Waals surface area contributed by atoms with Gasteiger partial charge >= 0.3 is 6.18 Å². The van der Waals surface area contributed by atoms with Crippen LogP contribution < -0.4 is 5.32 Å². The van der Waals surface area contributed by atoms with Gasteiger partial charge in [0.15, 0.2) is 0 Å². The molecule has 0 aliphatic rings. The number of aliphatic hydroxyl groups is 1. The van der Waals surface area contributed by atoms with Gasteiger partial charge < -0.3 is 9.67 Å². The zero-order chi connectivity index (χ0) is 16.0. The minimum atomic E-state index is -4.49. The van der Waals surface area contributed by atoms with Gasteiger partial charge in [-0.2, -0.15) is 13.2 Å². The summed E-state index contributed by atoms with van der Waals surface area (Å²) < 4.78 is 38.4. The minimum absolute atomic E-state index is 0.216. The van der Waals surface area contributed by atoms with Crippen LogP contribution in [0.1, 0.15) is 10.5 Å². The van der Waals surface area contributed by atoms with Crippen molar-refractivity contribution in [1.82, 2.24) is 14.8 Å². The summed E-state index contributed by atoms with van der Waals surface area (Å²) in [4.78, 5) is 24.0. The van der Waals surface area contributed by atoms with Gasteiger partial charge in [0, 0.05) is 19.8 Å². The van der Waals surface area contributed by atoms with Gasteiger partial charge in [-0.15, -0.1) is 0 Å². The highest BCUT2D eigenvalue weighted by atomic mass is 19.4. The Morgan fingerprint density at radius 2 is 2.10 bits per heavy atom. The van der Waals surface area contributed by atoms with Gasteiger partial charge in [0.25, 0.3) is 5.91 Å². The maximum atomic E-state index is 12.3. The van der Waals surface area contributed by atoms with Crippen LogP contribution >= 0.6 is 0 Å². The maximum Gasteiger partial charge on any atom is 0.401 e. The highest BCUT2D eigenvalue weighted by Crippen LogP contribution is 2.16. The summed E-state index contributed by atoms with van der Waals surface area (Å²) in [7, 11) is 1.60. The SMILES string of the molecule is Cn1cccc1C(=O)NC(=O)CN(CCO)CC(F)(F)F. The summed E-state index contributed by atoms with van der Waals surface area (Å²) in [6, 6.07) is 3.07. The average molecular weight is 307 g/mol. The zero-order valence-electron chi connectivity index (χ0n) is 11.4. The van der Waals surface area contributed by atoms with Crippen LogP contribution in [0.5, 0.6) is 0 Å². The largest absolute Gasteiger partial charge is 0.401 e. The monoisotopic (exact) mass is 307 g/mol. The van der Waals surface area contributed by atoms with Crippen LogP contribution in [0.15, 0.2) is 18.3 Å². The third kappa shape index (κ3) is 5.96. The number of nitrogens with zero attached hydrogens (tertiary/aromatic N) is 2. The topological polar surface area (TPSA) is 74.6 Å². The highest BCUT2D eigenvalue weighted by molar-refractivity contribution is 6.04. The molecule has 1 aromatic heterocycles. The van der Waals surface area contributed by atoms with Gasteiger partial charge in [-0.1, -0.05) is 0 Å². The van der Waals surface area contributed by atoms with Crippen LogP contribution in [-0.4, -0.2) is 58.8 Å². The molecule has 0 aliphatic carbocycles. The Labute approximate surface area is 119 Å². The molecule has 2 N–H and O–H groups in total. The molecule has 1 heterocycles. The van der Waals surface area contributed by atoms with E-state index in [1.807, 2.05) is 5.32 Å². The Morgan fingerprint density at radius 3 is 2.57 bits per heavy atom. The number of alkyl halides is 3. The fraction of sp³-hybridized carbons (Fsp3) is 0.500. The van der Waals surface area contributed by atoms with E-state index in [0.29, 0.717) is 4.90 Å². The molecule has 0 atom stereocenters. The van der Waals surface area contributed by atoms with Crippen molar-refractivity contribution < 1.29 is 27.9 Å². The van der Waals surface area contributed by atoms with Crippen molar-refractivity contribution in [1.29, 1.82) is 0 Å². The summed E-state index contributed by atoms with van der Waals surface area (Å²) >= 11 is 0. The summed E-state index contributed by atoms with van der Waals surface area (Å²) in [5.41, 5.74) is 0.216. The van der Waals surface area contributed by atoms with Crippen LogP contribution in [0.4, 0.5) is 13.2 Å². The molecule has 118 valence electrons. The molecule has 2 amide bonds. The number of aliphatic hydroxyl groups excluding tert-OH is 1. The van der Waals surface area contributed by atoms with E-state index in [1.54, 1.807) is 19.3 Å². The number of carbonyl (C=O) groups is 2. The lowest BCUT2D eigenvalue weighted by Gasteiger charge is -2.21. The van der Waals surface area contributed by atoms with Crippen molar-refractivity contribution in [2.75, 3.05) is 26.2 Å². The van der Waals surface area contributed by atoms with Crippen LogP contribution in [0.2, 0.25) is 0 Å². The molecular formula is C12H16F3N3O3. The number of nitrogens with one attached hydrogen (secondary N) is 1. The number of halogens is 3. The molecule has 9 heteroatoms. The summed E-state index contributed by atoms with van der Waals surface area (Å²) in [5.74, 6) is -1.55. The second kappa shape index (κ2) is 7.23. The first-order chi connectivity index (χ1) is 9.73. The number of aryl methyl sites for hydroxylation is 1. The molecule has 0 spiro atoms. The summed E-state index contributed by atoms with van der Waals surface area (Å²) in [5, 5.41) is 10.7. The van der Waals surface area contributed by atoms with Gasteiger partial charge in [0.05, 0.1) is 19.7 Å². The summed E-state index contributed by atoms with van der Waals surface area (Å²) in [6.45, 7) is -2.80. The fourth-order valence-corrected chi connectivity index (χ4v) is 1.74. The maximum absolute atomic E-state index is 12.3. The minimum Gasteiger partial charge on any atom is -0.395 e. The molecule has 6 nitrogen and oxygen atoms in total. The lowest BCUT2D eigenvalue weighted by molar-refractivity contribution is -0.149. The van der Waals surface area contributed by atoms with Crippen molar-refractivity contribution >= 4 is 11.8 Å². The number of imide groups is 1. The van der Waals surface area contributed by atoms with Crippen molar-refractivity contribution in [3.8, 4) is 0 Å². The third-order valence-corrected chi connectivity index (χ3v) is 2.62. The van der Waals surface area contributed by atoms with E-state index in [0.717, 1.165) is 0 Å². The van der Waals surface area contributed by atoms with Gasteiger partial charge in [0.1, 0.15) is 5.69 Å². The molecule has 0 saturated carbocycles. The second-order valence-electron chi connectivity index (χ2n) is 4.43. The van der Waals surface area contributed by atoms with E-state index in [4.69, 9.17) is 5.11 Å². The van der Waals surface area contributed by atoms with E-state index < -0.39 is 37.7 Å². The van der Waals surface area contributed by atoms with E-state index in [1.165, 1.54) is 10.6 Å². The lowest BCUT2D eigenvalue weighted by atomic mass is 10.3. The van der Waals surface area contributed by atoms with E-state index in [2.05, 4.69) is 0 Å². The Kier molecular flexibility index (Phi) is 5.91. The van der Waals surface area contributed by atoms with Gasteiger partial charge in [0.2, 0.25) is 5.91 Å². The number of amides is 2. The summed E-state index contributed by atoms with van der Waals surface area (Å²) in [6.07, 6.45) is -2.89. The Morgan fingerprint density at radius 1 is 1.43 bits per heavy atom. The smallest absolute Gasteiger partial charge is 0.395 e. The number of aromatic nitrogens is 1. The molecule has 21 heavy (non-hydrogen) atoms. The number of hydrogen-bond donors (Lipinski definition) is 2. The highest BCUT2D eigenvalue weighted by Gasteiger charge is 2.31. The number of rotatable bonds is 6. The second-order valence-corrected chi connectivity index (χ2v) is 4.43. The van der Waals surface area contributed by atoms with E-state index in [-0.39, 0.29) is 12.2 Å². The van der Waals surface area contributed by atoms with E-state index >= 15 is 0 Å². The van der Waals surface area contributed by atoms with Crippen molar-refractivity contribution in [2.45, 2.75) is 6.18 Å².